The molecule has 1 amide bonds. The molecule has 0 aromatic heterocycles. The molecule has 0 aliphatic carbocycles. The molecule has 1 aromatic rings. The average molecular weight is 363 g/mol. The monoisotopic (exact) mass is 362 g/mol. The lowest BCUT2D eigenvalue weighted by Gasteiger charge is -2.23. The van der Waals surface area contributed by atoms with Crippen molar-refractivity contribution in [1.82, 2.24) is 5.32 Å². The van der Waals surface area contributed by atoms with E-state index in [1.807, 2.05) is 20.8 Å². The van der Waals surface area contributed by atoms with Crippen molar-refractivity contribution in [2.75, 3.05) is 11.9 Å². The average Bonchev–Trinajstić information content (AvgIpc) is 2.38. The maximum Gasteiger partial charge on any atom is 0.411 e. The van der Waals surface area contributed by atoms with Crippen LogP contribution in [-0.2, 0) is 4.74 Å². The summed E-state index contributed by atoms with van der Waals surface area (Å²) in [5, 5.41) is 16.4. The van der Waals surface area contributed by atoms with Crippen molar-refractivity contribution in [2.24, 2.45) is 0 Å². The molecule has 0 aliphatic heterocycles. The molecule has 1 atom stereocenters. The number of amides is 1. The summed E-state index contributed by atoms with van der Waals surface area (Å²) in [5.41, 5.74) is 0.717. The number of rotatable bonds is 5. The summed E-state index contributed by atoms with van der Waals surface area (Å²) >= 11 is 12.3. The zero-order valence-corrected chi connectivity index (χ0v) is 15.5. The van der Waals surface area contributed by atoms with E-state index in [4.69, 9.17) is 27.9 Å². The van der Waals surface area contributed by atoms with Crippen molar-refractivity contribution < 1.29 is 14.6 Å². The smallest absolute Gasteiger partial charge is 0.411 e. The summed E-state index contributed by atoms with van der Waals surface area (Å²) in [5.74, 6) is 0. The van der Waals surface area contributed by atoms with Crippen LogP contribution in [-0.4, -0.2) is 29.4 Å². The topological polar surface area (TPSA) is 70.6 Å². The maximum atomic E-state index is 11.6. The van der Waals surface area contributed by atoms with Gasteiger partial charge in [-0.3, -0.25) is 5.32 Å². The van der Waals surface area contributed by atoms with Gasteiger partial charge in [-0.2, -0.15) is 0 Å². The van der Waals surface area contributed by atoms with Crippen LogP contribution in [0.25, 0.3) is 0 Å². The van der Waals surface area contributed by atoms with E-state index in [1.165, 1.54) is 0 Å². The molecule has 0 fully saturated rings. The largest absolute Gasteiger partial charge is 0.447 e. The second-order valence-electron chi connectivity index (χ2n) is 6.59. The molecule has 0 saturated heterocycles. The Morgan fingerprint density at radius 1 is 1.26 bits per heavy atom. The number of halogens is 2. The summed E-state index contributed by atoms with van der Waals surface area (Å²) < 4.78 is 4.99. The van der Waals surface area contributed by atoms with E-state index in [0.717, 1.165) is 0 Å². The third-order valence-electron chi connectivity index (χ3n) is 2.84. The highest BCUT2D eigenvalue weighted by Crippen LogP contribution is 2.34. The van der Waals surface area contributed by atoms with Crippen LogP contribution >= 0.6 is 23.2 Å². The number of β-amino-alcohol motifs (C(OH)–C–C–N with tert-alkyl or cyclic N) is 1. The van der Waals surface area contributed by atoms with Gasteiger partial charge in [-0.05, 0) is 52.3 Å². The molecule has 23 heavy (non-hydrogen) atoms. The predicted octanol–water partition coefficient (Wildman–Crippen LogP) is 4.37. The van der Waals surface area contributed by atoms with Gasteiger partial charge < -0.3 is 15.2 Å². The molecule has 1 rings (SSSR count). The summed E-state index contributed by atoms with van der Waals surface area (Å²) in [6, 6.07) is 3.15. The fourth-order valence-corrected chi connectivity index (χ4v) is 2.37. The van der Waals surface area contributed by atoms with Crippen LogP contribution in [0.4, 0.5) is 10.5 Å². The number of anilines is 1. The summed E-state index contributed by atoms with van der Waals surface area (Å²) in [6.07, 6.45) is -1.65. The molecule has 3 N–H and O–H groups in total. The summed E-state index contributed by atoms with van der Waals surface area (Å²) in [4.78, 5) is 11.6. The predicted molar refractivity (Wildman–Crippen MR) is 94.4 cm³/mol. The number of carbonyl (C=O) groups excluding carboxylic acids is 1. The van der Waals surface area contributed by atoms with Crippen molar-refractivity contribution >= 4 is 35.0 Å². The number of hydrogen-bond acceptors (Lipinski definition) is 4. The van der Waals surface area contributed by atoms with Gasteiger partial charge in [-0.15, -0.1) is 0 Å². The van der Waals surface area contributed by atoms with E-state index < -0.39 is 12.2 Å². The normalized spacial score (nSPS) is 13.1. The molecule has 0 bridgehead atoms. The van der Waals surface area contributed by atoms with Crippen molar-refractivity contribution in [3.8, 4) is 0 Å². The van der Waals surface area contributed by atoms with Gasteiger partial charge in [0.15, 0.2) is 0 Å². The minimum Gasteiger partial charge on any atom is -0.447 e. The molecular formula is C16H24Cl2N2O3. The molecule has 5 nitrogen and oxygen atoms in total. The van der Waals surface area contributed by atoms with E-state index in [0.29, 0.717) is 12.1 Å². The number of nitrogens with one attached hydrogen (secondary N) is 2. The maximum absolute atomic E-state index is 11.6. The lowest BCUT2D eigenvalue weighted by Crippen LogP contribution is -2.38. The Bertz CT molecular complexity index is 534. The van der Waals surface area contributed by atoms with Crippen LogP contribution in [0.2, 0.25) is 10.0 Å². The first-order valence-electron chi connectivity index (χ1n) is 7.39. The minimum atomic E-state index is -0.763. The number of carbonyl (C=O) groups is 1. The van der Waals surface area contributed by atoms with E-state index in [-0.39, 0.29) is 27.4 Å². The van der Waals surface area contributed by atoms with Gasteiger partial charge in [-0.1, -0.05) is 23.2 Å². The first-order valence-corrected chi connectivity index (χ1v) is 8.15. The van der Waals surface area contributed by atoms with Crippen molar-refractivity contribution in [1.29, 1.82) is 0 Å². The molecule has 0 aliphatic rings. The number of aliphatic hydroxyl groups excluding tert-OH is 1. The molecule has 1 unspecified atom stereocenters. The summed E-state index contributed by atoms with van der Waals surface area (Å²) in [6.45, 7) is 9.86. The molecule has 1 aromatic carbocycles. The molecule has 0 spiro atoms. The van der Waals surface area contributed by atoms with Gasteiger partial charge in [0.1, 0.15) is 0 Å². The second kappa shape index (κ2) is 8.20. The number of benzene rings is 1. The van der Waals surface area contributed by atoms with E-state index in [2.05, 4.69) is 10.6 Å². The van der Waals surface area contributed by atoms with Gasteiger partial charge in [-0.25, -0.2) is 4.79 Å². The van der Waals surface area contributed by atoms with Crippen LogP contribution in [0.15, 0.2) is 12.1 Å². The Morgan fingerprint density at radius 2 is 1.78 bits per heavy atom. The molecule has 0 radical (unpaired) electrons. The molecule has 7 heteroatoms. The highest BCUT2D eigenvalue weighted by Gasteiger charge is 2.18. The van der Waals surface area contributed by atoms with Crippen molar-refractivity contribution in [2.45, 2.75) is 52.4 Å². The number of ether oxygens (including phenoxy) is 1. The van der Waals surface area contributed by atoms with Crippen molar-refractivity contribution in [3.05, 3.63) is 27.7 Å². The first-order chi connectivity index (χ1) is 10.5. The molecule has 0 saturated carbocycles. The zero-order valence-electron chi connectivity index (χ0n) is 14.0. The molecule has 0 heterocycles. The highest BCUT2D eigenvalue weighted by molar-refractivity contribution is 6.39. The Morgan fingerprint density at radius 3 is 2.22 bits per heavy atom. The molecular weight excluding hydrogens is 339 g/mol. The Balaban J connectivity index is 2.86. The van der Waals surface area contributed by atoms with Gasteiger partial charge in [0.25, 0.3) is 0 Å². The minimum absolute atomic E-state index is 0.114. The lowest BCUT2D eigenvalue weighted by atomic mass is 10.1. The van der Waals surface area contributed by atoms with E-state index >= 15 is 0 Å². The highest BCUT2D eigenvalue weighted by atomic mass is 35.5. The quantitative estimate of drug-likeness (QED) is 0.726. The zero-order chi connectivity index (χ0) is 17.8. The SMILES string of the molecule is CC(C)OC(=O)Nc1c(Cl)cc(C(O)CNC(C)(C)C)cc1Cl. The van der Waals surface area contributed by atoms with Gasteiger partial charge in [0.05, 0.1) is 27.9 Å². The Hall–Kier alpha value is -1.01. The fourth-order valence-electron chi connectivity index (χ4n) is 1.77. The van der Waals surface area contributed by atoms with Gasteiger partial charge in [0.2, 0.25) is 0 Å². The van der Waals surface area contributed by atoms with Crippen LogP contribution in [0, 0.1) is 0 Å². The third-order valence-corrected chi connectivity index (χ3v) is 3.44. The summed E-state index contributed by atoms with van der Waals surface area (Å²) in [7, 11) is 0. The van der Waals surface area contributed by atoms with E-state index in [1.54, 1.807) is 26.0 Å². The van der Waals surface area contributed by atoms with Crippen molar-refractivity contribution in [3.63, 3.8) is 0 Å². The number of hydrogen-bond donors (Lipinski definition) is 3. The lowest BCUT2D eigenvalue weighted by molar-refractivity contribution is 0.130. The fraction of sp³-hybridized carbons (Fsp3) is 0.562. The van der Waals surface area contributed by atoms with Gasteiger partial charge in [0, 0.05) is 12.1 Å². The molecule has 130 valence electrons. The first kappa shape index (κ1) is 20.0. The van der Waals surface area contributed by atoms with Crippen LogP contribution < -0.4 is 10.6 Å². The van der Waals surface area contributed by atoms with Crippen LogP contribution in [0.1, 0.15) is 46.3 Å². The van der Waals surface area contributed by atoms with Crippen LogP contribution in [0.3, 0.4) is 0 Å². The van der Waals surface area contributed by atoms with Gasteiger partial charge >= 0.3 is 6.09 Å². The Labute approximate surface area is 147 Å². The number of aliphatic hydroxyl groups is 1. The second-order valence-corrected chi connectivity index (χ2v) is 7.40. The van der Waals surface area contributed by atoms with Crippen LogP contribution in [0.5, 0.6) is 0 Å². The Kier molecular flexibility index (Phi) is 7.14. The standard InChI is InChI=1S/C16H24Cl2N2O3/c1-9(2)23-15(22)20-14-11(17)6-10(7-12(14)18)13(21)8-19-16(3,4)5/h6-7,9,13,19,21H,8H2,1-5H3,(H,20,22). The third kappa shape index (κ3) is 6.96. The van der Waals surface area contributed by atoms with E-state index in [9.17, 15) is 9.90 Å².